The monoisotopic (exact) mass is 262 g/mol. The number of anilines is 2. The van der Waals surface area contributed by atoms with Gasteiger partial charge in [-0.3, -0.25) is 0 Å². The zero-order valence-electron chi connectivity index (χ0n) is 9.96. The predicted octanol–water partition coefficient (Wildman–Crippen LogP) is 2.66. The molecule has 0 saturated heterocycles. The summed E-state index contributed by atoms with van der Waals surface area (Å²) in [5.74, 6) is -0.942. The molecule has 0 spiro atoms. The molecule has 1 aromatic carbocycles. The summed E-state index contributed by atoms with van der Waals surface area (Å²) < 4.78 is 0. The number of nitrogens with zero attached hydrogens (tertiary/aromatic N) is 1. The average Bonchev–Trinajstić information content (AvgIpc) is 2.81. The quantitative estimate of drug-likeness (QED) is 0.831. The SMILES string of the molecule is CN(Cc1ccsc1)c1cc(N)ccc1C(=O)O. The van der Waals surface area contributed by atoms with Gasteiger partial charge in [0.25, 0.3) is 0 Å². The van der Waals surface area contributed by atoms with Gasteiger partial charge in [0.15, 0.2) is 0 Å². The van der Waals surface area contributed by atoms with Gasteiger partial charge >= 0.3 is 5.97 Å². The smallest absolute Gasteiger partial charge is 0.337 e. The van der Waals surface area contributed by atoms with Crippen molar-refractivity contribution in [1.82, 2.24) is 0 Å². The van der Waals surface area contributed by atoms with Gasteiger partial charge in [-0.05, 0) is 40.6 Å². The van der Waals surface area contributed by atoms with Crippen LogP contribution in [0.2, 0.25) is 0 Å². The number of nitrogens with two attached hydrogens (primary N) is 1. The number of nitrogen functional groups attached to an aromatic ring is 1. The van der Waals surface area contributed by atoms with E-state index in [1.54, 1.807) is 23.5 Å². The Labute approximate surface area is 109 Å². The third-order valence-corrected chi connectivity index (χ3v) is 3.40. The summed E-state index contributed by atoms with van der Waals surface area (Å²) in [4.78, 5) is 13.1. The lowest BCUT2D eigenvalue weighted by Gasteiger charge is -2.21. The minimum absolute atomic E-state index is 0.266. The predicted molar refractivity (Wildman–Crippen MR) is 74.2 cm³/mol. The van der Waals surface area contributed by atoms with E-state index < -0.39 is 5.97 Å². The molecule has 0 aliphatic rings. The van der Waals surface area contributed by atoms with E-state index in [0.29, 0.717) is 17.9 Å². The minimum Gasteiger partial charge on any atom is -0.478 e. The molecular formula is C13H14N2O2S. The Hall–Kier alpha value is -2.01. The molecule has 0 fully saturated rings. The van der Waals surface area contributed by atoms with Crippen molar-refractivity contribution in [3.8, 4) is 0 Å². The number of aromatic carboxylic acids is 1. The second kappa shape index (κ2) is 5.10. The molecule has 2 rings (SSSR count). The van der Waals surface area contributed by atoms with E-state index in [-0.39, 0.29) is 5.56 Å². The van der Waals surface area contributed by atoms with Crippen LogP contribution >= 0.6 is 11.3 Å². The van der Waals surface area contributed by atoms with Gasteiger partial charge in [0.1, 0.15) is 0 Å². The van der Waals surface area contributed by atoms with Crippen LogP contribution in [0.3, 0.4) is 0 Å². The number of hydrogen-bond acceptors (Lipinski definition) is 4. The maximum absolute atomic E-state index is 11.2. The fourth-order valence-corrected chi connectivity index (χ4v) is 2.45. The molecule has 0 aliphatic carbocycles. The van der Waals surface area contributed by atoms with Gasteiger partial charge in [0.05, 0.1) is 11.3 Å². The first-order valence-corrected chi connectivity index (χ1v) is 6.37. The van der Waals surface area contributed by atoms with Gasteiger partial charge in [-0.15, -0.1) is 0 Å². The molecular weight excluding hydrogens is 248 g/mol. The van der Waals surface area contributed by atoms with Crippen LogP contribution in [0, 0.1) is 0 Å². The lowest BCUT2D eigenvalue weighted by Crippen LogP contribution is -2.19. The van der Waals surface area contributed by atoms with Crippen molar-refractivity contribution < 1.29 is 9.90 Å². The zero-order valence-corrected chi connectivity index (χ0v) is 10.8. The third kappa shape index (κ3) is 2.62. The van der Waals surface area contributed by atoms with Crippen molar-refractivity contribution >= 4 is 28.7 Å². The number of rotatable bonds is 4. The van der Waals surface area contributed by atoms with Gasteiger partial charge in [-0.1, -0.05) is 0 Å². The summed E-state index contributed by atoms with van der Waals surface area (Å²) in [7, 11) is 1.86. The molecule has 0 bridgehead atoms. The fraction of sp³-hybridized carbons (Fsp3) is 0.154. The largest absolute Gasteiger partial charge is 0.478 e. The molecule has 0 radical (unpaired) electrons. The van der Waals surface area contributed by atoms with Gasteiger partial charge in [0.2, 0.25) is 0 Å². The van der Waals surface area contributed by atoms with Gasteiger partial charge in [-0.25, -0.2) is 4.79 Å². The Morgan fingerprint density at radius 3 is 2.83 bits per heavy atom. The van der Waals surface area contributed by atoms with Crippen LogP contribution in [0.15, 0.2) is 35.0 Å². The second-order valence-corrected chi connectivity index (χ2v) is 4.85. The van der Waals surface area contributed by atoms with Crippen LogP contribution in [-0.4, -0.2) is 18.1 Å². The Morgan fingerprint density at radius 1 is 1.44 bits per heavy atom. The Balaban J connectivity index is 2.31. The van der Waals surface area contributed by atoms with E-state index in [1.807, 2.05) is 28.8 Å². The zero-order chi connectivity index (χ0) is 13.1. The number of carboxylic acid groups (broad SMARTS) is 1. The lowest BCUT2D eigenvalue weighted by molar-refractivity contribution is 0.0697. The standard InChI is InChI=1S/C13H14N2O2S/c1-15(7-9-4-5-18-8-9)12-6-10(14)2-3-11(12)13(16)17/h2-6,8H,7,14H2,1H3,(H,16,17). The highest BCUT2D eigenvalue weighted by Gasteiger charge is 2.14. The normalized spacial score (nSPS) is 10.3. The van der Waals surface area contributed by atoms with Crippen molar-refractivity contribution in [1.29, 1.82) is 0 Å². The van der Waals surface area contributed by atoms with E-state index in [9.17, 15) is 4.79 Å². The van der Waals surface area contributed by atoms with Crippen LogP contribution in [0.1, 0.15) is 15.9 Å². The van der Waals surface area contributed by atoms with Crippen molar-refractivity contribution in [3.63, 3.8) is 0 Å². The maximum Gasteiger partial charge on any atom is 0.337 e. The Kier molecular flexibility index (Phi) is 3.53. The number of thiophene rings is 1. The summed E-state index contributed by atoms with van der Waals surface area (Å²) in [6, 6.07) is 6.85. The van der Waals surface area contributed by atoms with Gasteiger partial charge in [0, 0.05) is 19.3 Å². The first kappa shape index (κ1) is 12.4. The Bertz CT molecular complexity index is 552. The molecule has 0 saturated carbocycles. The third-order valence-electron chi connectivity index (χ3n) is 2.66. The number of hydrogen-bond donors (Lipinski definition) is 2. The molecule has 2 aromatic rings. The number of carbonyl (C=O) groups is 1. The summed E-state index contributed by atoms with van der Waals surface area (Å²) in [6.45, 7) is 0.660. The van der Waals surface area contributed by atoms with E-state index in [4.69, 9.17) is 10.8 Å². The van der Waals surface area contributed by atoms with Gasteiger partial charge in [-0.2, -0.15) is 11.3 Å². The highest BCUT2D eigenvalue weighted by atomic mass is 32.1. The summed E-state index contributed by atoms with van der Waals surface area (Å²) in [6.07, 6.45) is 0. The molecule has 18 heavy (non-hydrogen) atoms. The van der Waals surface area contributed by atoms with Crippen LogP contribution in [-0.2, 0) is 6.54 Å². The summed E-state index contributed by atoms with van der Waals surface area (Å²) >= 11 is 1.62. The minimum atomic E-state index is -0.942. The summed E-state index contributed by atoms with van der Waals surface area (Å²) in [5.41, 5.74) is 8.34. The topological polar surface area (TPSA) is 66.6 Å². The lowest BCUT2D eigenvalue weighted by atomic mass is 10.1. The first-order valence-electron chi connectivity index (χ1n) is 5.43. The number of benzene rings is 1. The molecule has 1 aromatic heterocycles. The molecule has 0 amide bonds. The molecule has 5 heteroatoms. The van der Waals surface area contributed by atoms with Crippen LogP contribution in [0.4, 0.5) is 11.4 Å². The van der Waals surface area contributed by atoms with Crippen molar-refractivity contribution in [2.24, 2.45) is 0 Å². The van der Waals surface area contributed by atoms with E-state index >= 15 is 0 Å². The molecule has 0 aliphatic heterocycles. The number of carboxylic acids is 1. The second-order valence-electron chi connectivity index (χ2n) is 4.07. The fourth-order valence-electron chi connectivity index (χ4n) is 1.79. The van der Waals surface area contributed by atoms with E-state index in [2.05, 4.69) is 0 Å². The average molecular weight is 262 g/mol. The molecule has 0 atom stereocenters. The molecule has 94 valence electrons. The first-order chi connectivity index (χ1) is 8.58. The Morgan fingerprint density at radius 2 is 2.22 bits per heavy atom. The highest BCUT2D eigenvalue weighted by Crippen LogP contribution is 2.24. The molecule has 3 N–H and O–H groups in total. The van der Waals surface area contributed by atoms with Gasteiger partial charge < -0.3 is 15.7 Å². The molecule has 1 heterocycles. The van der Waals surface area contributed by atoms with Crippen LogP contribution in [0.25, 0.3) is 0 Å². The van der Waals surface area contributed by atoms with E-state index in [1.165, 1.54) is 6.07 Å². The highest BCUT2D eigenvalue weighted by molar-refractivity contribution is 7.07. The van der Waals surface area contributed by atoms with Crippen LogP contribution < -0.4 is 10.6 Å². The van der Waals surface area contributed by atoms with Crippen molar-refractivity contribution in [2.75, 3.05) is 17.7 Å². The molecule has 0 unspecified atom stereocenters. The molecule has 4 nitrogen and oxygen atoms in total. The van der Waals surface area contributed by atoms with Crippen LogP contribution in [0.5, 0.6) is 0 Å². The van der Waals surface area contributed by atoms with Crippen molar-refractivity contribution in [3.05, 3.63) is 46.2 Å². The van der Waals surface area contributed by atoms with E-state index in [0.717, 1.165) is 5.56 Å². The summed E-state index contributed by atoms with van der Waals surface area (Å²) in [5, 5.41) is 13.2. The van der Waals surface area contributed by atoms with Crippen molar-refractivity contribution in [2.45, 2.75) is 6.54 Å². The maximum atomic E-state index is 11.2.